The number of phenols is 1. The number of aliphatic carboxylic acids is 1. The average molecular weight is 409 g/mol. The van der Waals surface area contributed by atoms with Gasteiger partial charge in [-0.05, 0) is 30.9 Å². The number of hydrogen-bond acceptors (Lipinski definition) is 7. The Bertz CT molecular complexity index is 721. The fraction of sp³-hybridized carbons (Fsp3) is 0.467. The highest BCUT2D eigenvalue weighted by molar-refractivity contribution is 5.81. The summed E-state index contributed by atoms with van der Waals surface area (Å²) in [5.74, 6) is -3.51. The van der Waals surface area contributed by atoms with E-state index in [4.69, 9.17) is 20.5 Å². The SMILES string of the molecule is N[C@@H](Cc1ccc(O)c([N+](=O)[O-])c1)C(=O)N1CCCCO1.O=C(O)C(F)(F)F. The van der Waals surface area contributed by atoms with Gasteiger partial charge in [-0.2, -0.15) is 13.2 Å². The first kappa shape index (κ1) is 23.1. The van der Waals surface area contributed by atoms with Crippen molar-refractivity contribution in [2.24, 2.45) is 5.73 Å². The molecule has 10 nitrogen and oxygen atoms in total. The highest BCUT2D eigenvalue weighted by atomic mass is 19.4. The number of nitro groups is 1. The Morgan fingerprint density at radius 3 is 2.43 bits per heavy atom. The van der Waals surface area contributed by atoms with Crippen LogP contribution in [0.1, 0.15) is 18.4 Å². The van der Waals surface area contributed by atoms with Crippen LogP contribution < -0.4 is 5.73 Å². The number of rotatable bonds is 4. The molecule has 1 aromatic rings. The molecule has 1 heterocycles. The molecule has 0 aliphatic carbocycles. The van der Waals surface area contributed by atoms with E-state index in [1.807, 2.05) is 0 Å². The number of nitrogens with two attached hydrogens (primary N) is 1. The lowest BCUT2D eigenvalue weighted by atomic mass is 10.0. The van der Waals surface area contributed by atoms with Crippen LogP contribution in [0.4, 0.5) is 18.9 Å². The highest BCUT2D eigenvalue weighted by Crippen LogP contribution is 2.26. The third-order valence-electron chi connectivity index (χ3n) is 3.50. The fourth-order valence-electron chi connectivity index (χ4n) is 2.14. The summed E-state index contributed by atoms with van der Waals surface area (Å²) in [7, 11) is 0. The maximum absolute atomic E-state index is 12.1. The molecule has 0 radical (unpaired) electrons. The largest absolute Gasteiger partial charge is 0.502 e. The van der Waals surface area contributed by atoms with Gasteiger partial charge in [0.25, 0.3) is 5.91 Å². The minimum atomic E-state index is -5.08. The van der Waals surface area contributed by atoms with Gasteiger partial charge in [0.1, 0.15) is 0 Å². The molecule has 13 heteroatoms. The number of hydroxylamine groups is 2. The lowest BCUT2D eigenvalue weighted by molar-refractivity contribution is -0.385. The Balaban J connectivity index is 0.000000480. The van der Waals surface area contributed by atoms with Crippen LogP contribution in [0.3, 0.4) is 0 Å². The monoisotopic (exact) mass is 409 g/mol. The number of amides is 1. The van der Waals surface area contributed by atoms with Gasteiger partial charge in [0, 0.05) is 12.6 Å². The van der Waals surface area contributed by atoms with Gasteiger partial charge in [-0.3, -0.25) is 19.7 Å². The summed E-state index contributed by atoms with van der Waals surface area (Å²) in [4.78, 5) is 36.3. The van der Waals surface area contributed by atoms with Gasteiger partial charge in [-0.1, -0.05) is 6.07 Å². The summed E-state index contributed by atoms with van der Waals surface area (Å²) < 4.78 is 31.7. The number of phenolic OH excluding ortho intramolecular Hbond substituents is 1. The number of carboxylic acid groups (broad SMARTS) is 1. The van der Waals surface area contributed by atoms with E-state index < -0.39 is 34.5 Å². The van der Waals surface area contributed by atoms with Crippen LogP contribution in [0.5, 0.6) is 5.75 Å². The Hall–Kier alpha value is -2.93. The van der Waals surface area contributed by atoms with Crippen molar-refractivity contribution >= 4 is 17.6 Å². The van der Waals surface area contributed by atoms with Crippen molar-refractivity contribution in [1.29, 1.82) is 0 Å². The van der Waals surface area contributed by atoms with Gasteiger partial charge in [-0.15, -0.1) is 0 Å². The van der Waals surface area contributed by atoms with Crippen molar-refractivity contribution in [1.82, 2.24) is 5.06 Å². The molecule has 0 unspecified atom stereocenters. The second-order valence-corrected chi connectivity index (χ2v) is 5.67. The van der Waals surface area contributed by atoms with E-state index in [0.717, 1.165) is 12.8 Å². The van der Waals surface area contributed by atoms with E-state index in [9.17, 15) is 33.2 Å². The molecule has 1 amide bonds. The van der Waals surface area contributed by atoms with Gasteiger partial charge in [0.05, 0.1) is 17.6 Å². The van der Waals surface area contributed by atoms with E-state index in [0.29, 0.717) is 18.7 Å². The number of halogens is 3. The zero-order valence-electron chi connectivity index (χ0n) is 14.4. The molecule has 4 N–H and O–H groups in total. The van der Waals surface area contributed by atoms with Crippen molar-refractivity contribution in [3.63, 3.8) is 0 Å². The Morgan fingerprint density at radius 1 is 1.36 bits per heavy atom. The molecule has 0 saturated carbocycles. The van der Waals surface area contributed by atoms with Crippen LogP contribution >= 0.6 is 0 Å². The van der Waals surface area contributed by atoms with Crippen LogP contribution in [0.25, 0.3) is 0 Å². The Labute approximate surface area is 156 Å². The lowest BCUT2D eigenvalue weighted by Gasteiger charge is -2.28. The zero-order valence-corrected chi connectivity index (χ0v) is 14.4. The fourth-order valence-corrected chi connectivity index (χ4v) is 2.14. The first-order chi connectivity index (χ1) is 12.9. The molecule has 0 spiro atoms. The van der Waals surface area contributed by atoms with Crippen LogP contribution in [0.2, 0.25) is 0 Å². The molecule has 0 aromatic heterocycles. The van der Waals surface area contributed by atoms with E-state index >= 15 is 0 Å². The quantitative estimate of drug-likeness (QED) is 0.497. The van der Waals surface area contributed by atoms with Gasteiger partial charge in [0.15, 0.2) is 5.75 Å². The number of hydrogen-bond donors (Lipinski definition) is 3. The summed E-state index contributed by atoms with van der Waals surface area (Å²) in [6.07, 6.45) is -3.17. The van der Waals surface area contributed by atoms with E-state index in [-0.39, 0.29) is 12.3 Å². The Morgan fingerprint density at radius 2 is 1.96 bits per heavy atom. The lowest BCUT2D eigenvalue weighted by Crippen LogP contribution is -2.46. The predicted octanol–water partition coefficient (Wildman–Crippen LogP) is 1.36. The summed E-state index contributed by atoms with van der Waals surface area (Å²) in [5.41, 5.74) is 5.95. The number of carbonyl (C=O) groups is 2. The molecule has 1 atom stereocenters. The number of carboxylic acids is 1. The maximum atomic E-state index is 12.1. The minimum Gasteiger partial charge on any atom is -0.502 e. The summed E-state index contributed by atoms with van der Waals surface area (Å²) in [6.45, 7) is 0.991. The van der Waals surface area contributed by atoms with Crippen molar-refractivity contribution in [2.45, 2.75) is 31.5 Å². The number of aromatic hydroxyl groups is 1. The standard InChI is InChI=1S/C13H17N3O5.C2HF3O2/c14-10(13(18)15-5-1-2-6-21-15)7-9-3-4-12(17)11(8-9)16(19)20;3-2(4,5)1(6)7/h3-4,8,10,17H,1-2,5-7,14H2;(H,6,7)/t10-;/m0./s1. The number of nitrogens with zero attached hydrogens (tertiary/aromatic N) is 2. The maximum Gasteiger partial charge on any atom is 0.490 e. The first-order valence-corrected chi connectivity index (χ1v) is 7.89. The van der Waals surface area contributed by atoms with Crippen molar-refractivity contribution in [2.75, 3.05) is 13.2 Å². The topological polar surface area (TPSA) is 156 Å². The number of alkyl halides is 3. The molecule has 28 heavy (non-hydrogen) atoms. The molecule has 1 saturated heterocycles. The smallest absolute Gasteiger partial charge is 0.490 e. The van der Waals surface area contributed by atoms with Crippen LogP contribution in [0.15, 0.2) is 18.2 Å². The van der Waals surface area contributed by atoms with Gasteiger partial charge in [-0.25, -0.2) is 9.86 Å². The first-order valence-electron chi connectivity index (χ1n) is 7.89. The van der Waals surface area contributed by atoms with E-state index in [1.165, 1.54) is 23.3 Å². The second-order valence-electron chi connectivity index (χ2n) is 5.67. The average Bonchev–Trinajstić information content (AvgIpc) is 2.62. The molecule has 1 aliphatic heterocycles. The summed E-state index contributed by atoms with van der Waals surface area (Å²) in [5, 5.41) is 28.5. The summed E-state index contributed by atoms with van der Waals surface area (Å²) >= 11 is 0. The third-order valence-corrected chi connectivity index (χ3v) is 3.50. The summed E-state index contributed by atoms with van der Waals surface area (Å²) in [6, 6.07) is 3.11. The highest BCUT2D eigenvalue weighted by Gasteiger charge is 2.38. The van der Waals surface area contributed by atoms with E-state index in [1.54, 1.807) is 0 Å². The van der Waals surface area contributed by atoms with Gasteiger partial charge >= 0.3 is 17.8 Å². The molecule has 0 bridgehead atoms. The van der Waals surface area contributed by atoms with Crippen LogP contribution in [0, 0.1) is 10.1 Å². The molecule has 156 valence electrons. The van der Waals surface area contributed by atoms with Crippen molar-refractivity contribution in [3.8, 4) is 5.75 Å². The van der Waals surface area contributed by atoms with Gasteiger partial charge in [0.2, 0.25) is 0 Å². The normalized spacial score (nSPS) is 15.2. The molecule has 1 fully saturated rings. The van der Waals surface area contributed by atoms with Crippen LogP contribution in [-0.4, -0.2) is 57.4 Å². The second kappa shape index (κ2) is 9.85. The van der Waals surface area contributed by atoms with Crippen molar-refractivity contribution < 1.29 is 42.7 Å². The van der Waals surface area contributed by atoms with Gasteiger partial charge < -0.3 is 15.9 Å². The zero-order chi connectivity index (χ0) is 21.5. The number of benzene rings is 1. The van der Waals surface area contributed by atoms with Crippen molar-refractivity contribution in [3.05, 3.63) is 33.9 Å². The molecule has 1 aromatic carbocycles. The predicted molar refractivity (Wildman–Crippen MR) is 87.0 cm³/mol. The molecule has 1 aliphatic rings. The third kappa shape index (κ3) is 7.00. The van der Waals surface area contributed by atoms with E-state index in [2.05, 4.69) is 0 Å². The Kier molecular flexibility index (Phi) is 8.13. The molecular weight excluding hydrogens is 391 g/mol. The minimum absolute atomic E-state index is 0.139. The molecular formula is C15H18F3N3O7. The number of nitro benzene ring substituents is 1. The van der Waals surface area contributed by atoms with Crippen LogP contribution in [-0.2, 0) is 20.8 Å². The molecule has 2 rings (SSSR count). The number of carbonyl (C=O) groups excluding carboxylic acids is 1.